The van der Waals surface area contributed by atoms with E-state index < -0.39 is 0 Å². The summed E-state index contributed by atoms with van der Waals surface area (Å²) in [6.07, 6.45) is 5.86. The van der Waals surface area contributed by atoms with Gasteiger partial charge in [0.25, 0.3) is 0 Å². The lowest BCUT2D eigenvalue weighted by molar-refractivity contribution is 1.32. The highest BCUT2D eigenvalue weighted by atomic mass is 14.8. The van der Waals surface area contributed by atoms with Crippen LogP contribution in [0.3, 0.4) is 0 Å². The summed E-state index contributed by atoms with van der Waals surface area (Å²) in [7, 11) is 0. The van der Waals surface area contributed by atoms with Gasteiger partial charge in [-0.25, -0.2) is 15.0 Å². The fourth-order valence-corrected chi connectivity index (χ4v) is 5.00. The second-order valence-electron chi connectivity index (χ2n) is 9.08. The molecular formula is C30H18N6. The minimum Gasteiger partial charge on any atom is -0.355 e. The number of aromatic nitrogens is 6. The van der Waals surface area contributed by atoms with Crippen LogP contribution in [-0.2, 0) is 0 Å². The fraction of sp³-hybridized carbons (Fsp3) is 0. The average Bonchev–Trinajstić information content (AvgIpc) is 3.69. The van der Waals surface area contributed by atoms with Crippen molar-refractivity contribution in [2.24, 2.45) is 0 Å². The van der Waals surface area contributed by atoms with Crippen molar-refractivity contribution in [3.8, 4) is 22.6 Å². The molecule has 7 heterocycles. The van der Waals surface area contributed by atoms with Crippen LogP contribution < -0.4 is 0 Å². The number of nitrogens with zero attached hydrogens (tertiary/aromatic N) is 4. The lowest BCUT2D eigenvalue weighted by Gasteiger charge is -2.06. The summed E-state index contributed by atoms with van der Waals surface area (Å²) in [4.78, 5) is 26.4. The van der Waals surface area contributed by atoms with E-state index >= 15 is 0 Å². The third kappa shape index (κ3) is 3.05. The summed E-state index contributed by atoms with van der Waals surface area (Å²) in [5.74, 6) is 0. The monoisotopic (exact) mass is 462 g/mol. The SMILES string of the molecule is C1=Cc2cc3ccc(cc4nc(cc5ccc(cc1n2)[nH]5)-c1cc2ccc5ncccc5c2nc1-4)[nH]3. The van der Waals surface area contributed by atoms with Gasteiger partial charge < -0.3 is 9.97 Å². The van der Waals surface area contributed by atoms with Gasteiger partial charge >= 0.3 is 0 Å². The molecule has 5 aromatic heterocycles. The fourth-order valence-electron chi connectivity index (χ4n) is 5.00. The van der Waals surface area contributed by atoms with Crippen molar-refractivity contribution in [1.29, 1.82) is 0 Å². The van der Waals surface area contributed by atoms with Gasteiger partial charge in [-0.15, -0.1) is 0 Å². The number of benzene rings is 1. The topological polar surface area (TPSA) is 83.1 Å². The van der Waals surface area contributed by atoms with E-state index in [0.29, 0.717) is 0 Å². The zero-order valence-corrected chi connectivity index (χ0v) is 19.0. The highest BCUT2D eigenvalue weighted by molar-refractivity contribution is 6.06. The Morgan fingerprint density at radius 3 is 2.03 bits per heavy atom. The van der Waals surface area contributed by atoms with Gasteiger partial charge in [-0.3, -0.25) is 4.98 Å². The molecule has 8 bridgehead atoms. The van der Waals surface area contributed by atoms with E-state index in [1.807, 2.05) is 42.6 Å². The number of aromatic amines is 2. The van der Waals surface area contributed by atoms with Crippen molar-refractivity contribution in [3.05, 3.63) is 96.4 Å². The van der Waals surface area contributed by atoms with Crippen LogP contribution in [0.2, 0.25) is 0 Å². The average molecular weight is 463 g/mol. The van der Waals surface area contributed by atoms with Gasteiger partial charge in [-0.1, -0.05) is 6.07 Å². The highest BCUT2D eigenvalue weighted by Crippen LogP contribution is 2.38. The number of rotatable bonds is 0. The molecule has 6 aromatic rings. The first-order chi connectivity index (χ1) is 17.7. The molecule has 0 spiro atoms. The Kier molecular flexibility index (Phi) is 3.85. The molecule has 0 fully saturated rings. The van der Waals surface area contributed by atoms with Gasteiger partial charge in [0.1, 0.15) is 0 Å². The van der Waals surface area contributed by atoms with Gasteiger partial charge in [-0.05, 0) is 84.9 Å². The molecule has 0 saturated heterocycles. The van der Waals surface area contributed by atoms with E-state index in [0.717, 1.165) is 77.9 Å². The van der Waals surface area contributed by atoms with Crippen LogP contribution in [0.25, 0.3) is 78.7 Å². The molecule has 0 unspecified atom stereocenters. The van der Waals surface area contributed by atoms with Crippen LogP contribution in [-0.4, -0.2) is 29.9 Å². The number of H-pyrrole nitrogens is 2. The summed E-state index contributed by atoms with van der Waals surface area (Å²) >= 11 is 0. The Hall–Kier alpha value is -5.10. The maximum atomic E-state index is 5.15. The van der Waals surface area contributed by atoms with Gasteiger partial charge in [-0.2, -0.15) is 0 Å². The Morgan fingerprint density at radius 2 is 1.28 bits per heavy atom. The minimum atomic E-state index is 0.826. The van der Waals surface area contributed by atoms with Crippen molar-refractivity contribution in [2.75, 3.05) is 0 Å². The second-order valence-corrected chi connectivity index (χ2v) is 9.08. The van der Waals surface area contributed by atoms with Gasteiger partial charge in [0.05, 0.1) is 39.5 Å². The van der Waals surface area contributed by atoms with E-state index in [2.05, 4.69) is 69.5 Å². The van der Waals surface area contributed by atoms with Crippen LogP contribution in [0.1, 0.15) is 11.4 Å². The number of fused-ring (bicyclic) bond motifs is 14. The molecule has 8 rings (SSSR count). The zero-order chi connectivity index (χ0) is 23.6. The number of hydrogen-bond acceptors (Lipinski definition) is 4. The summed E-state index contributed by atoms with van der Waals surface area (Å²) in [5, 5.41) is 2.10. The smallest absolute Gasteiger partial charge is 0.0989 e. The Labute approximate surface area is 205 Å². The summed E-state index contributed by atoms with van der Waals surface area (Å²) in [6.45, 7) is 0. The first kappa shape index (κ1) is 19.2. The van der Waals surface area contributed by atoms with Crippen LogP contribution in [0.4, 0.5) is 0 Å². The van der Waals surface area contributed by atoms with E-state index in [4.69, 9.17) is 15.0 Å². The maximum Gasteiger partial charge on any atom is 0.0989 e. The number of nitrogens with one attached hydrogen (secondary N) is 2. The lowest BCUT2D eigenvalue weighted by Crippen LogP contribution is -1.88. The van der Waals surface area contributed by atoms with Crippen molar-refractivity contribution in [2.45, 2.75) is 0 Å². The third-order valence-corrected chi connectivity index (χ3v) is 6.66. The van der Waals surface area contributed by atoms with Crippen LogP contribution in [0.5, 0.6) is 0 Å². The number of pyridine rings is 2. The van der Waals surface area contributed by atoms with E-state index in [1.165, 1.54) is 0 Å². The quantitative estimate of drug-likeness (QED) is 0.240. The largest absolute Gasteiger partial charge is 0.355 e. The van der Waals surface area contributed by atoms with Crippen molar-refractivity contribution in [1.82, 2.24) is 29.9 Å². The maximum absolute atomic E-state index is 5.15. The minimum absolute atomic E-state index is 0.826. The number of hydrogen-bond donors (Lipinski definition) is 2. The standard InChI is InChI=1S/C30H18N6/c1-2-24-26(31-11-1)10-3-17-12-25-27-15-22-8-6-20(33-22)13-18-4-5-19(32-18)14-21-7-9-23(34-21)16-28(35-27)30(25)36-29(17)24/h1-16,33-34H. The molecule has 0 amide bonds. The van der Waals surface area contributed by atoms with Gasteiger partial charge in [0.2, 0.25) is 0 Å². The molecule has 0 aliphatic carbocycles. The Balaban J connectivity index is 1.48. The Morgan fingerprint density at radius 1 is 0.583 bits per heavy atom. The van der Waals surface area contributed by atoms with E-state index in [-0.39, 0.29) is 0 Å². The summed E-state index contributed by atoms with van der Waals surface area (Å²) in [6, 6.07) is 26.8. The molecule has 2 aliphatic heterocycles. The molecule has 2 N–H and O–H groups in total. The van der Waals surface area contributed by atoms with Crippen LogP contribution >= 0.6 is 0 Å². The lowest BCUT2D eigenvalue weighted by atomic mass is 10.0. The highest BCUT2D eigenvalue weighted by Gasteiger charge is 2.20. The molecule has 168 valence electrons. The molecule has 6 nitrogen and oxygen atoms in total. The summed E-state index contributed by atoms with van der Waals surface area (Å²) in [5.41, 5.74) is 11.2. The van der Waals surface area contributed by atoms with Crippen molar-refractivity contribution in [3.63, 3.8) is 0 Å². The normalized spacial score (nSPS) is 12.3. The molecule has 0 radical (unpaired) electrons. The van der Waals surface area contributed by atoms with Gasteiger partial charge in [0.15, 0.2) is 0 Å². The molecule has 1 aromatic carbocycles. The van der Waals surface area contributed by atoms with E-state index in [9.17, 15) is 0 Å². The van der Waals surface area contributed by atoms with Gasteiger partial charge in [0, 0.05) is 44.6 Å². The molecular weight excluding hydrogens is 444 g/mol. The van der Waals surface area contributed by atoms with Crippen molar-refractivity contribution < 1.29 is 0 Å². The predicted molar refractivity (Wildman–Crippen MR) is 145 cm³/mol. The van der Waals surface area contributed by atoms with Crippen LogP contribution in [0, 0.1) is 0 Å². The first-order valence-electron chi connectivity index (χ1n) is 11.8. The molecule has 0 saturated carbocycles. The summed E-state index contributed by atoms with van der Waals surface area (Å²) < 4.78 is 0. The first-order valence-corrected chi connectivity index (χ1v) is 11.8. The predicted octanol–water partition coefficient (Wildman–Crippen LogP) is 6.92. The third-order valence-electron chi connectivity index (χ3n) is 6.66. The molecule has 2 aliphatic rings. The molecule has 0 atom stereocenters. The second kappa shape index (κ2) is 7.20. The Bertz CT molecular complexity index is 2060. The van der Waals surface area contributed by atoms with E-state index in [1.54, 1.807) is 0 Å². The molecule has 6 heteroatoms. The zero-order valence-electron chi connectivity index (χ0n) is 19.0. The van der Waals surface area contributed by atoms with Crippen LogP contribution in [0.15, 0.2) is 85.1 Å². The van der Waals surface area contributed by atoms with Crippen molar-refractivity contribution >= 4 is 56.0 Å². The molecule has 36 heavy (non-hydrogen) atoms.